The second kappa shape index (κ2) is 3.38. The van der Waals surface area contributed by atoms with Crippen LogP contribution in [0.25, 0.3) is 17.2 Å². The molecule has 0 fully saturated rings. The van der Waals surface area contributed by atoms with E-state index in [1.165, 1.54) is 0 Å². The van der Waals surface area contributed by atoms with Crippen LogP contribution in [0.3, 0.4) is 0 Å². The van der Waals surface area contributed by atoms with E-state index in [0.29, 0.717) is 0 Å². The average molecular weight is 230 g/mol. The van der Waals surface area contributed by atoms with Crippen molar-refractivity contribution in [1.82, 2.24) is 19.4 Å². The highest BCUT2D eigenvalue weighted by Gasteiger charge is 2.08. The first kappa shape index (κ1) is 9.47. The SMILES string of the molecule is Cc1cc(C)n2cc(-c3cscn3)nc2n1. The van der Waals surface area contributed by atoms with E-state index in [0.717, 1.165) is 28.6 Å². The number of thiazole rings is 1. The number of hydrogen-bond acceptors (Lipinski definition) is 4. The van der Waals surface area contributed by atoms with E-state index in [1.807, 2.05) is 41.4 Å². The predicted molar refractivity (Wildman–Crippen MR) is 63.6 cm³/mol. The number of hydrogen-bond donors (Lipinski definition) is 0. The summed E-state index contributed by atoms with van der Waals surface area (Å²) < 4.78 is 1.99. The zero-order chi connectivity index (χ0) is 11.1. The molecule has 0 spiro atoms. The molecular formula is C11H10N4S. The smallest absolute Gasteiger partial charge is 0.234 e. The zero-order valence-electron chi connectivity index (χ0n) is 9.01. The van der Waals surface area contributed by atoms with Gasteiger partial charge < -0.3 is 0 Å². The lowest BCUT2D eigenvalue weighted by Gasteiger charge is -1.98. The van der Waals surface area contributed by atoms with E-state index in [1.54, 1.807) is 11.3 Å². The summed E-state index contributed by atoms with van der Waals surface area (Å²) in [5, 5.41) is 1.99. The summed E-state index contributed by atoms with van der Waals surface area (Å²) >= 11 is 1.57. The standard InChI is InChI=1S/C11H10N4S/c1-7-3-8(2)15-4-9(14-11(15)13-7)10-5-16-6-12-10/h3-6H,1-2H3. The lowest BCUT2D eigenvalue weighted by atomic mass is 10.3. The lowest BCUT2D eigenvalue weighted by Crippen LogP contribution is -1.94. The van der Waals surface area contributed by atoms with Crippen molar-refractivity contribution in [2.75, 3.05) is 0 Å². The van der Waals surface area contributed by atoms with Crippen molar-refractivity contribution < 1.29 is 0 Å². The minimum Gasteiger partial charge on any atom is -0.288 e. The monoisotopic (exact) mass is 230 g/mol. The van der Waals surface area contributed by atoms with Crippen molar-refractivity contribution in [3.8, 4) is 11.4 Å². The average Bonchev–Trinajstić information content (AvgIpc) is 2.82. The fraction of sp³-hybridized carbons (Fsp3) is 0.182. The Kier molecular flexibility index (Phi) is 2.00. The molecule has 0 aliphatic carbocycles. The first-order valence-electron chi connectivity index (χ1n) is 4.96. The number of nitrogens with zero attached hydrogens (tertiary/aromatic N) is 4. The van der Waals surface area contributed by atoms with Gasteiger partial charge in [0.05, 0.1) is 5.51 Å². The molecule has 5 heteroatoms. The van der Waals surface area contributed by atoms with Crippen molar-refractivity contribution in [1.29, 1.82) is 0 Å². The predicted octanol–water partition coefficient (Wildman–Crippen LogP) is 2.47. The van der Waals surface area contributed by atoms with Gasteiger partial charge in [0.2, 0.25) is 5.78 Å². The zero-order valence-corrected chi connectivity index (χ0v) is 9.82. The normalized spacial score (nSPS) is 11.1. The van der Waals surface area contributed by atoms with Crippen LogP contribution in [0, 0.1) is 13.8 Å². The van der Waals surface area contributed by atoms with E-state index >= 15 is 0 Å². The van der Waals surface area contributed by atoms with Crippen LogP contribution in [-0.2, 0) is 0 Å². The van der Waals surface area contributed by atoms with E-state index in [4.69, 9.17) is 0 Å². The molecule has 3 heterocycles. The summed E-state index contributed by atoms with van der Waals surface area (Å²) in [6, 6.07) is 2.04. The number of aryl methyl sites for hydroxylation is 2. The van der Waals surface area contributed by atoms with Gasteiger partial charge in [0.25, 0.3) is 0 Å². The van der Waals surface area contributed by atoms with Gasteiger partial charge in [-0.05, 0) is 19.9 Å². The van der Waals surface area contributed by atoms with Gasteiger partial charge in [-0.1, -0.05) is 0 Å². The third-order valence-corrected chi connectivity index (χ3v) is 3.04. The molecule has 0 N–H and O–H groups in total. The Morgan fingerprint density at radius 2 is 2.06 bits per heavy atom. The Balaban J connectivity index is 2.27. The maximum atomic E-state index is 4.47. The van der Waals surface area contributed by atoms with Crippen LogP contribution in [0.4, 0.5) is 0 Å². The van der Waals surface area contributed by atoms with Gasteiger partial charge >= 0.3 is 0 Å². The van der Waals surface area contributed by atoms with Crippen LogP contribution in [0.2, 0.25) is 0 Å². The number of rotatable bonds is 1. The molecular weight excluding hydrogens is 220 g/mol. The maximum absolute atomic E-state index is 4.47. The summed E-state index contributed by atoms with van der Waals surface area (Å²) in [6.07, 6.45) is 1.98. The molecule has 0 aliphatic heterocycles. The molecule has 0 radical (unpaired) electrons. The summed E-state index contributed by atoms with van der Waals surface area (Å²) in [5.74, 6) is 0.737. The quantitative estimate of drug-likeness (QED) is 0.645. The van der Waals surface area contributed by atoms with Gasteiger partial charge in [0, 0.05) is 23.0 Å². The van der Waals surface area contributed by atoms with Crippen LogP contribution < -0.4 is 0 Å². The molecule has 3 aromatic rings. The summed E-state index contributed by atoms with van der Waals surface area (Å²) in [6.45, 7) is 4.03. The fourth-order valence-corrected chi connectivity index (χ4v) is 2.28. The summed E-state index contributed by atoms with van der Waals surface area (Å²) in [7, 11) is 0. The fourth-order valence-electron chi connectivity index (χ4n) is 1.73. The molecule has 0 amide bonds. The Morgan fingerprint density at radius 3 is 2.81 bits per heavy atom. The van der Waals surface area contributed by atoms with Crippen LogP contribution >= 0.6 is 11.3 Å². The van der Waals surface area contributed by atoms with E-state index in [9.17, 15) is 0 Å². The van der Waals surface area contributed by atoms with E-state index in [-0.39, 0.29) is 0 Å². The minimum absolute atomic E-state index is 0.737. The minimum atomic E-state index is 0.737. The van der Waals surface area contributed by atoms with Gasteiger partial charge in [-0.3, -0.25) is 4.40 Å². The van der Waals surface area contributed by atoms with Crippen LogP contribution in [0.5, 0.6) is 0 Å². The maximum Gasteiger partial charge on any atom is 0.234 e. The second-order valence-electron chi connectivity index (χ2n) is 3.71. The molecule has 0 aliphatic rings. The summed E-state index contributed by atoms with van der Waals surface area (Å²) in [5.41, 5.74) is 5.72. The van der Waals surface area contributed by atoms with Crippen LogP contribution in [-0.4, -0.2) is 19.4 Å². The van der Waals surface area contributed by atoms with Crippen molar-refractivity contribution in [3.63, 3.8) is 0 Å². The Labute approximate surface area is 96.6 Å². The van der Waals surface area contributed by atoms with Gasteiger partial charge in [0.15, 0.2) is 0 Å². The molecule has 80 valence electrons. The van der Waals surface area contributed by atoms with E-state index in [2.05, 4.69) is 15.0 Å². The molecule has 3 rings (SSSR count). The number of imidazole rings is 1. The molecule has 16 heavy (non-hydrogen) atoms. The first-order chi connectivity index (χ1) is 7.74. The van der Waals surface area contributed by atoms with Gasteiger partial charge in [0.1, 0.15) is 11.4 Å². The molecule has 0 saturated carbocycles. The van der Waals surface area contributed by atoms with Crippen LogP contribution in [0.15, 0.2) is 23.2 Å². The molecule has 0 saturated heterocycles. The van der Waals surface area contributed by atoms with Crippen molar-refractivity contribution in [3.05, 3.63) is 34.5 Å². The molecule has 0 bridgehead atoms. The number of fused-ring (bicyclic) bond motifs is 1. The van der Waals surface area contributed by atoms with E-state index < -0.39 is 0 Å². The third kappa shape index (κ3) is 1.40. The van der Waals surface area contributed by atoms with Crippen molar-refractivity contribution >= 4 is 17.1 Å². The molecule has 4 nitrogen and oxygen atoms in total. The Morgan fingerprint density at radius 1 is 1.19 bits per heavy atom. The molecule has 0 aromatic carbocycles. The number of aromatic nitrogens is 4. The summed E-state index contributed by atoms with van der Waals surface area (Å²) in [4.78, 5) is 13.1. The molecule has 3 aromatic heterocycles. The highest BCUT2D eigenvalue weighted by molar-refractivity contribution is 7.07. The Hall–Kier alpha value is -1.75. The molecule has 0 atom stereocenters. The van der Waals surface area contributed by atoms with Crippen molar-refractivity contribution in [2.24, 2.45) is 0 Å². The topological polar surface area (TPSA) is 43.1 Å². The second-order valence-corrected chi connectivity index (χ2v) is 4.43. The van der Waals surface area contributed by atoms with Gasteiger partial charge in [-0.15, -0.1) is 11.3 Å². The van der Waals surface area contributed by atoms with Gasteiger partial charge in [-0.25, -0.2) is 15.0 Å². The first-order valence-corrected chi connectivity index (χ1v) is 5.90. The highest BCUT2D eigenvalue weighted by Crippen LogP contribution is 2.19. The highest BCUT2D eigenvalue weighted by atomic mass is 32.1. The van der Waals surface area contributed by atoms with Crippen LogP contribution in [0.1, 0.15) is 11.4 Å². The van der Waals surface area contributed by atoms with Crippen molar-refractivity contribution in [2.45, 2.75) is 13.8 Å². The largest absolute Gasteiger partial charge is 0.288 e. The van der Waals surface area contributed by atoms with Gasteiger partial charge in [-0.2, -0.15) is 0 Å². The third-order valence-electron chi connectivity index (χ3n) is 2.46. The lowest BCUT2D eigenvalue weighted by molar-refractivity contribution is 1.01. The Bertz CT molecular complexity index is 639. The molecule has 0 unspecified atom stereocenters.